The van der Waals surface area contributed by atoms with Gasteiger partial charge in [-0.15, -0.1) is 0 Å². The fourth-order valence-corrected chi connectivity index (χ4v) is 1.21. The van der Waals surface area contributed by atoms with Crippen LogP contribution in [0.3, 0.4) is 0 Å². The first-order valence-electron chi connectivity index (χ1n) is 5.93. The Morgan fingerprint density at radius 3 is 2.26 bits per heavy atom. The van der Waals surface area contributed by atoms with E-state index in [1.807, 2.05) is 19.3 Å². The zero-order chi connectivity index (χ0) is 15.0. The molecule has 0 aromatic rings. The third kappa shape index (κ3) is 7.24. The Morgan fingerprint density at radius 2 is 1.84 bits per heavy atom. The van der Waals surface area contributed by atoms with Crippen molar-refractivity contribution >= 4 is 18.0 Å². The number of aliphatic carboxylic acids is 1. The molecule has 8 nitrogen and oxygen atoms in total. The summed E-state index contributed by atoms with van der Waals surface area (Å²) < 4.78 is 0. The van der Waals surface area contributed by atoms with Crippen molar-refractivity contribution in [2.24, 2.45) is 5.92 Å². The summed E-state index contributed by atoms with van der Waals surface area (Å²) in [6, 6.07) is -0.768. The summed E-state index contributed by atoms with van der Waals surface area (Å²) in [5.41, 5.74) is 1.92. The second-order valence-corrected chi connectivity index (χ2v) is 4.39. The van der Waals surface area contributed by atoms with Gasteiger partial charge in [0.05, 0.1) is 6.54 Å². The van der Waals surface area contributed by atoms with Gasteiger partial charge in [-0.2, -0.15) is 5.48 Å². The average Bonchev–Trinajstić information content (AvgIpc) is 2.33. The van der Waals surface area contributed by atoms with Gasteiger partial charge in [0.2, 0.25) is 0 Å². The Kier molecular flexibility index (Phi) is 7.50. The van der Waals surface area contributed by atoms with Gasteiger partial charge >= 0.3 is 18.0 Å². The highest BCUT2D eigenvalue weighted by Crippen LogP contribution is 2.01. The second kappa shape index (κ2) is 8.30. The molecule has 8 heteroatoms. The third-order valence-electron chi connectivity index (χ3n) is 2.09. The fraction of sp³-hybridized carbons (Fsp3) is 0.727. The zero-order valence-corrected chi connectivity index (χ0v) is 11.3. The number of amides is 2. The minimum absolute atomic E-state index is 0.0635. The highest BCUT2D eigenvalue weighted by Gasteiger charge is 2.23. The van der Waals surface area contributed by atoms with E-state index in [1.54, 1.807) is 6.92 Å². The van der Waals surface area contributed by atoms with E-state index >= 15 is 0 Å². The largest absolute Gasteiger partial charge is 0.479 e. The number of rotatable bonds is 6. The maximum Gasteiger partial charge on any atom is 0.350 e. The SMILES string of the molecule is CCC(=O)ONC(=O)N(CC(C)C)CC(O)C(=O)O. The van der Waals surface area contributed by atoms with Crippen molar-refractivity contribution < 1.29 is 29.4 Å². The molecular weight excluding hydrogens is 256 g/mol. The number of hydrogen-bond acceptors (Lipinski definition) is 5. The van der Waals surface area contributed by atoms with Crippen molar-refractivity contribution in [1.29, 1.82) is 0 Å². The second-order valence-electron chi connectivity index (χ2n) is 4.39. The molecule has 0 aromatic heterocycles. The molecule has 0 rings (SSSR count). The predicted molar refractivity (Wildman–Crippen MR) is 65.0 cm³/mol. The Labute approximate surface area is 111 Å². The Bertz CT molecular complexity index is 331. The molecule has 0 heterocycles. The van der Waals surface area contributed by atoms with E-state index in [0.29, 0.717) is 0 Å². The molecule has 0 aromatic carbocycles. The average molecular weight is 276 g/mol. The molecule has 0 spiro atoms. The smallest absolute Gasteiger partial charge is 0.350 e. The molecule has 0 saturated carbocycles. The number of carboxylic acids is 1. The van der Waals surface area contributed by atoms with Crippen molar-refractivity contribution in [2.45, 2.75) is 33.3 Å². The summed E-state index contributed by atoms with van der Waals surface area (Å²) >= 11 is 0. The van der Waals surface area contributed by atoms with Crippen LogP contribution in [-0.2, 0) is 14.4 Å². The molecule has 1 unspecified atom stereocenters. The van der Waals surface area contributed by atoms with Gasteiger partial charge in [-0.05, 0) is 5.92 Å². The molecule has 0 fully saturated rings. The molecule has 0 aliphatic heterocycles. The van der Waals surface area contributed by atoms with Crippen molar-refractivity contribution in [1.82, 2.24) is 10.4 Å². The molecule has 1 atom stereocenters. The lowest BCUT2D eigenvalue weighted by Crippen LogP contribution is -2.47. The number of aliphatic hydroxyl groups excluding tert-OH is 1. The summed E-state index contributed by atoms with van der Waals surface area (Å²) in [7, 11) is 0. The third-order valence-corrected chi connectivity index (χ3v) is 2.09. The van der Waals surface area contributed by atoms with Gasteiger partial charge in [0.15, 0.2) is 6.10 Å². The van der Waals surface area contributed by atoms with Crippen LogP contribution < -0.4 is 5.48 Å². The Morgan fingerprint density at radius 1 is 1.26 bits per heavy atom. The summed E-state index contributed by atoms with van der Waals surface area (Å²) in [5.74, 6) is -1.97. The number of nitrogens with zero attached hydrogens (tertiary/aromatic N) is 1. The summed E-state index contributed by atoms with van der Waals surface area (Å²) in [6.07, 6.45) is -1.59. The fourth-order valence-electron chi connectivity index (χ4n) is 1.21. The van der Waals surface area contributed by atoms with Gasteiger partial charge < -0.3 is 20.0 Å². The Balaban J connectivity index is 4.51. The zero-order valence-electron chi connectivity index (χ0n) is 11.3. The molecule has 0 saturated heterocycles. The Hall–Kier alpha value is -1.83. The van der Waals surface area contributed by atoms with E-state index < -0.39 is 24.1 Å². The van der Waals surface area contributed by atoms with Crippen molar-refractivity contribution in [3.8, 4) is 0 Å². The monoisotopic (exact) mass is 276 g/mol. The predicted octanol–water partition coefficient (Wildman–Crippen LogP) is -0.0323. The normalized spacial score (nSPS) is 11.8. The quantitative estimate of drug-likeness (QED) is 0.586. The van der Waals surface area contributed by atoms with Gasteiger partial charge in [-0.25, -0.2) is 14.4 Å². The number of hydrogen-bond donors (Lipinski definition) is 3. The maximum absolute atomic E-state index is 11.7. The van der Waals surface area contributed by atoms with Crippen molar-refractivity contribution in [3.05, 3.63) is 0 Å². The molecule has 3 N–H and O–H groups in total. The van der Waals surface area contributed by atoms with E-state index in [0.717, 1.165) is 4.90 Å². The van der Waals surface area contributed by atoms with Crippen LogP contribution in [0, 0.1) is 5.92 Å². The van der Waals surface area contributed by atoms with E-state index in [9.17, 15) is 19.5 Å². The van der Waals surface area contributed by atoms with Crippen LogP contribution >= 0.6 is 0 Å². The van der Waals surface area contributed by atoms with Gasteiger partial charge in [0.25, 0.3) is 0 Å². The lowest BCUT2D eigenvalue weighted by molar-refractivity contribution is -0.150. The van der Waals surface area contributed by atoms with Gasteiger partial charge in [0, 0.05) is 13.0 Å². The van der Waals surface area contributed by atoms with Gasteiger partial charge in [-0.3, -0.25) is 0 Å². The van der Waals surface area contributed by atoms with E-state index in [2.05, 4.69) is 4.84 Å². The molecular formula is C11H20N2O6. The highest BCUT2D eigenvalue weighted by molar-refractivity contribution is 5.78. The van der Waals surface area contributed by atoms with E-state index in [1.165, 1.54) is 0 Å². The number of carbonyl (C=O) groups is 3. The number of carbonyl (C=O) groups excluding carboxylic acids is 2. The lowest BCUT2D eigenvalue weighted by atomic mass is 10.2. The van der Waals surface area contributed by atoms with Crippen LogP contribution in [0.1, 0.15) is 27.2 Å². The first-order valence-corrected chi connectivity index (χ1v) is 5.93. The highest BCUT2D eigenvalue weighted by atomic mass is 16.7. The van der Waals surface area contributed by atoms with Crippen LogP contribution in [0.15, 0.2) is 0 Å². The molecule has 0 bridgehead atoms. The molecule has 0 aliphatic rings. The number of nitrogens with one attached hydrogen (secondary N) is 1. The van der Waals surface area contributed by atoms with E-state index in [4.69, 9.17) is 5.11 Å². The topological polar surface area (TPSA) is 116 Å². The molecule has 19 heavy (non-hydrogen) atoms. The van der Waals surface area contributed by atoms with Crippen LogP contribution in [0.25, 0.3) is 0 Å². The number of carboxylic acid groups (broad SMARTS) is 1. The minimum atomic E-state index is -1.69. The molecule has 0 radical (unpaired) electrons. The number of urea groups is 1. The first-order chi connectivity index (χ1) is 8.77. The van der Waals surface area contributed by atoms with Crippen LogP contribution in [-0.4, -0.2) is 52.3 Å². The summed E-state index contributed by atoms with van der Waals surface area (Å²) in [5, 5.41) is 17.9. The maximum atomic E-state index is 11.7. The van der Waals surface area contributed by atoms with Crippen LogP contribution in [0.5, 0.6) is 0 Å². The summed E-state index contributed by atoms with van der Waals surface area (Å²) in [6.45, 7) is 5.05. The standard InChI is InChI=1S/C11H20N2O6/c1-4-9(15)19-12-11(18)13(5-7(2)3)6-8(14)10(16)17/h7-8,14H,4-6H2,1-3H3,(H,12,18)(H,16,17). The van der Waals surface area contributed by atoms with Crippen molar-refractivity contribution in [2.75, 3.05) is 13.1 Å². The number of aliphatic hydroxyl groups is 1. The van der Waals surface area contributed by atoms with Crippen molar-refractivity contribution in [3.63, 3.8) is 0 Å². The lowest BCUT2D eigenvalue weighted by Gasteiger charge is -2.25. The summed E-state index contributed by atoms with van der Waals surface area (Å²) in [4.78, 5) is 38.7. The minimum Gasteiger partial charge on any atom is -0.479 e. The van der Waals surface area contributed by atoms with Gasteiger partial charge in [-0.1, -0.05) is 20.8 Å². The van der Waals surface area contributed by atoms with Crippen LogP contribution in [0.2, 0.25) is 0 Å². The van der Waals surface area contributed by atoms with Crippen LogP contribution in [0.4, 0.5) is 4.79 Å². The molecule has 110 valence electrons. The van der Waals surface area contributed by atoms with Gasteiger partial charge in [0.1, 0.15) is 0 Å². The molecule has 2 amide bonds. The molecule has 0 aliphatic carbocycles. The first kappa shape index (κ1) is 17.2. The van der Waals surface area contributed by atoms with E-state index in [-0.39, 0.29) is 25.4 Å². The number of hydroxylamine groups is 1.